The average molecular weight is 337 g/mol. The molecule has 0 bridgehead atoms. The Labute approximate surface area is 148 Å². The number of carbonyl (C=O) groups is 2. The number of aryl methyl sites for hydroxylation is 1. The van der Waals surface area contributed by atoms with Crippen LogP contribution in [0.5, 0.6) is 0 Å². The first-order valence-corrected chi connectivity index (χ1v) is 8.61. The number of para-hydroxylation sites is 1. The predicted octanol–water partition coefficient (Wildman–Crippen LogP) is 3.45. The molecule has 2 aromatic rings. The van der Waals surface area contributed by atoms with Crippen molar-refractivity contribution in [3.8, 4) is 0 Å². The van der Waals surface area contributed by atoms with Gasteiger partial charge in [0, 0.05) is 11.7 Å². The summed E-state index contributed by atoms with van der Waals surface area (Å²) in [6, 6.07) is 15.7. The van der Waals surface area contributed by atoms with Gasteiger partial charge in [-0.25, -0.2) is 0 Å². The van der Waals surface area contributed by atoms with Crippen LogP contribution in [0.1, 0.15) is 30.5 Å². The molecule has 1 heterocycles. The highest BCUT2D eigenvalue weighted by Crippen LogP contribution is 2.32. The minimum absolute atomic E-state index is 0.0724. The fourth-order valence-electron chi connectivity index (χ4n) is 3.26. The Balaban J connectivity index is 1.64. The molecule has 3 rings (SSSR count). The Bertz CT molecular complexity index is 782. The quantitative estimate of drug-likeness (QED) is 0.803. The standard InChI is InChI=1S/C21H23NO3/c1-14-8-10-17(11-9-14)13-20(23)25-16(3)21(24)22-15(2)12-18-6-4-5-7-19(18)22/h4-11,15-16H,12-13H2,1-3H3/t15-,16-/m0/s1. The van der Waals surface area contributed by atoms with Gasteiger partial charge in [-0.1, -0.05) is 48.0 Å². The summed E-state index contributed by atoms with van der Waals surface area (Å²) in [7, 11) is 0. The van der Waals surface area contributed by atoms with Crippen molar-refractivity contribution in [2.45, 2.75) is 45.8 Å². The molecule has 1 aliphatic rings. The maximum absolute atomic E-state index is 12.8. The number of anilines is 1. The molecular weight excluding hydrogens is 314 g/mol. The van der Waals surface area contributed by atoms with Gasteiger partial charge in [0.15, 0.2) is 6.10 Å². The second kappa shape index (κ2) is 7.09. The third kappa shape index (κ3) is 3.73. The fourth-order valence-corrected chi connectivity index (χ4v) is 3.26. The van der Waals surface area contributed by atoms with Gasteiger partial charge in [0.25, 0.3) is 5.91 Å². The fraction of sp³-hybridized carbons (Fsp3) is 0.333. The molecule has 130 valence electrons. The van der Waals surface area contributed by atoms with Crippen molar-refractivity contribution in [3.05, 3.63) is 65.2 Å². The molecule has 0 aromatic heterocycles. The van der Waals surface area contributed by atoms with Crippen LogP contribution >= 0.6 is 0 Å². The number of fused-ring (bicyclic) bond motifs is 1. The zero-order valence-corrected chi connectivity index (χ0v) is 14.9. The maximum atomic E-state index is 12.8. The number of amides is 1. The molecule has 2 aromatic carbocycles. The smallest absolute Gasteiger partial charge is 0.311 e. The number of benzene rings is 2. The van der Waals surface area contributed by atoms with Crippen LogP contribution < -0.4 is 4.90 Å². The number of hydrogen-bond donors (Lipinski definition) is 0. The van der Waals surface area contributed by atoms with Crippen LogP contribution in [0.3, 0.4) is 0 Å². The van der Waals surface area contributed by atoms with E-state index in [0.29, 0.717) is 0 Å². The van der Waals surface area contributed by atoms with Crippen LogP contribution in [-0.4, -0.2) is 24.0 Å². The lowest BCUT2D eigenvalue weighted by molar-refractivity contribution is -0.153. The van der Waals surface area contributed by atoms with E-state index in [0.717, 1.165) is 28.8 Å². The van der Waals surface area contributed by atoms with E-state index in [1.54, 1.807) is 11.8 Å². The Kier molecular flexibility index (Phi) is 4.88. The van der Waals surface area contributed by atoms with Crippen LogP contribution in [0.15, 0.2) is 48.5 Å². The van der Waals surface area contributed by atoms with Gasteiger partial charge < -0.3 is 9.64 Å². The summed E-state index contributed by atoms with van der Waals surface area (Å²) in [5.74, 6) is -0.556. The third-order valence-corrected chi connectivity index (χ3v) is 4.57. The first-order valence-electron chi connectivity index (χ1n) is 8.61. The van der Waals surface area contributed by atoms with Crippen molar-refractivity contribution in [1.29, 1.82) is 0 Å². The molecule has 0 radical (unpaired) electrons. The van der Waals surface area contributed by atoms with Gasteiger partial charge >= 0.3 is 5.97 Å². The summed E-state index contributed by atoms with van der Waals surface area (Å²) in [5.41, 5.74) is 4.10. The van der Waals surface area contributed by atoms with E-state index in [1.165, 1.54) is 0 Å². The Morgan fingerprint density at radius 2 is 1.84 bits per heavy atom. The summed E-state index contributed by atoms with van der Waals surface area (Å²) >= 11 is 0. The minimum Gasteiger partial charge on any atom is -0.452 e. The molecule has 25 heavy (non-hydrogen) atoms. The van der Waals surface area contributed by atoms with Gasteiger partial charge in [0.1, 0.15) is 0 Å². The maximum Gasteiger partial charge on any atom is 0.311 e. The number of nitrogens with zero attached hydrogens (tertiary/aromatic N) is 1. The number of rotatable bonds is 4. The molecule has 4 nitrogen and oxygen atoms in total. The Morgan fingerprint density at radius 1 is 1.16 bits per heavy atom. The van der Waals surface area contributed by atoms with Crippen molar-refractivity contribution in [1.82, 2.24) is 0 Å². The van der Waals surface area contributed by atoms with Crippen LogP contribution in [0.4, 0.5) is 5.69 Å². The van der Waals surface area contributed by atoms with Gasteiger partial charge in [0.05, 0.1) is 6.42 Å². The summed E-state index contributed by atoms with van der Waals surface area (Å²) in [4.78, 5) is 26.7. The molecule has 2 atom stereocenters. The van der Waals surface area contributed by atoms with E-state index >= 15 is 0 Å². The summed E-state index contributed by atoms with van der Waals surface area (Å²) in [6.45, 7) is 5.65. The van der Waals surface area contributed by atoms with Crippen molar-refractivity contribution in [3.63, 3.8) is 0 Å². The highest BCUT2D eigenvalue weighted by Gasteiger charge is 2.34. The number of hydrogen-bond acceptors (Lipinski definition) is 3. The highest BCUT2D eigenvalue weighted by atomic mass is 16.5. The van der Waals surface area contributed by atoms with E-state index in [4.69, 9.17) is 4.74 Å². The minimum atomic E-state index is -0.799. The molecule has 4 heteroatoms. The second-order valence-corrected chi connectivity index (χ2v) is 6.68. The Morgan fingerprint density at radius 3 is 2.56 bits per heavy atom. The molecule has 1 aliphatic heterocycles. The first kappa shape index (κ1) is 17.2. The van der Waals surface area contributed by atoms with Gasteiger partial charge in [0.2, 0.25) is 0 Å². The van der Waals surface area contributed by atoms with Gasteiger partial charge in [-0.3, -0.25) is 9.59 Å². The molecule has 0 N–H and O–H groups in total. The monoisotopic (exact) mass is 337 g/mol. The molecule has 0 aliphatic carbocycles. The molecule has 0 saturated heterocycles. The highest BCUT2D eigenvalue weighted by molar-refractivity contribution is 5.99. The van der Waals surface area contributed by atoms with Crippen molar-refractivity contribution in [2.24, 2.45) is 0 Å². The summed E-state index contributed by atoms with van der Waals surface area (Å²) in [5, 5.41) is 0. The average Bonchev–Trinajstić information content (AvgIpc) is 2.91. The predicted molar refractivity (Wildman–Crippen MR) is 97.5 cm³/mol. The lowest BCUT2D eigenvalue weighted by atomic mass is 10.1. The van der Waals surface area contributed by atoms with Gasteiger partial charge in [-0.15, -0.1) is 0 Å². The lowest BCUT2D eigenvalue weighted by Crippen LogP contribution is -2.43. The molecular formula is C21H23NO3. The molecule has 0 fully saturated rings. The Hall–Kier alpha value is -2.62. The molecule has 1 amide bonds. The summed E-state index contributed by atoms with van der Waals surface area (Å²) in [6.07, 6.45) is 0.197. The molecule has 0 unspecified atom stereocenters. The van der Waals surface area contributed by atoms with E-state index in [2.05, 4.69) is 0 Å². The zero-order valence-electron chi connectivity index (χ0n) is 14.9. The molecule has 0 saturated carbocycles. The van der Waals surface area contributed by atoms with E-state index in [9.17, 15) is 9.59 Å². The van der Waals surface area contributed by atoms with Gasteiger partial charge in [-0.05, 0) is 44.4 Å². The van der Waals surface area contributed by atoms with E-state index in [1.807, 2.05) is 62.4 Å². The lowest BCUT2D eigenvalue weighted by Gasteiger charge is -2.26. The van der Waals surface area contributed by atoms with E-state index < -0.39 is 6.10 Å². The number of ether oxygens (including phenoxy) is 1. The van der Waals surface area contributed by atoms with Crippen molar-refractivity contribution < 1.29 is 14.3 Å². The van der Waals surface area contributed by atoms with Crippen LogP contribution in [0.25, 0.3) is 0 Å². The van der Waals surface area contributed by atoms with Crippen molar-refractivity contribution in [2.75, 3.05) is 4.90 Å². The first-order chi connectivity index (χ1) is 12.0. The van der Waals surface area contributed by atoms with E-state index in [-0.39, 0.29) is 24.3 Å². The molecule has 0 spiro atoms. The second-order valence-electron chi connectivity index (χ2n) is 6.68. The third-order valence-electron chi connectivity index (χ3n) is 4.57. The topological polar surface area (TPSA) is 46.6 Å². The van der Waals surface area contributed by atoms with Crippen LogP contribution in [-0.2, 0) is 27.2 Å². The normalized spacial score (nSPS) is 17.1. The summed E-state index contributed by atoms with van der Waals surface area (Å²) < 4.78 is 5.39. The van der Waals surface area contributed by atoms with Crippen LogP contribution in [0.2, 0.25) is 0 Å². The number of carbonyl (C=O) groups excluding carboxylic acids is 2. The SMILES string of the molecule is Cc1ccc(CC(=O)O[C@@H](C)C(=O)N2c3ccccc3C[C@@H]2C)cc1. The zero-order chi connectivity index (χ0) is 18.0. The van der Waals surface area contributed by atoms with Crippen molar-refractivity contribution >= 4 is 17.6 Å². The van der Waals surface area contributed by atoms with Gasteiger partial charge in [-0.2, -0.15) is 0 Å². The van der Waals surface area contributed by atoms with Crippen LogP contribution in [0, 0.1) is 6.92 Å². The largest absolute Gasteiger partial charge is 0.452 e. The number of esters is 1.